The number of nitrogens with one attached hydrogen (secondary N) is 1. The Bertz CT molecular complexity index is 1330. The normalized spacial score (nSPS) is 11.6. The van der Waals surface area contributed by atoms with E-state index in [9.17, 15) is 9.90 Å². The number of hydrogen-bond donors (Lipinski definition) is 2. The van der Waals surface area contributed by atoms with Crippen LogP contribution in [0.2, 0.25) is 5.02 Å². The van der Waals surface area contributed by atoms with Crippen molar-refractivity contribution >= 4 is 40.0 Å². The molecule has 0 aliphatic heterocycles. The second-order valence-electron chi connectivity index (χ2n) is 6.93. The zero-order valence-corrected chi connectivity index (χ0v) is 17.1. The van der Waals surface area contributed by atoms with Crippen LogP contribution in [-0.4, -0.2) is 16.0 Å². The number of aryl methyl sites for hydroxylation is 2. The van der Waals surface area contributed by atoms with Crippen molar-refractivity contribution < 1.29 is 14.3 Å². The van der Waals surface area contributed by atoms with Gasteiger partial charge in [-0.15, -0.1) is 0 Å². The molecule has 0 saturated carbocycles. The molecule has 4 rings (SSSR count). The van der Waals surface area contributed by atoms with Crippen LogP contribution in [0.3, 0.4) is 0 Å². The number of amides is 1. The van der Waals surface area contributed by atoms with Crippen molar-refractivity contribution in [2.24, 2.45) is 4.99 Å². The van der Waals surface area contributed by atoms with E-state index in [-0.39, 0.29) is 16.9 Å². The molecule has 0 radical (unpaired) electrons. The first-order chi connectivity index (χ1) is 14.4. The molecule has 30 heavy (non-hydrogen) atoms. The van der Waals surface area contributed by atoms with E-state index in [0.717, 1.165) is 11.1 Å². The number of phenols is 1. The molecule has 0 atom stereocenters. The topological polar surface area (TPSA) is 87.7 Å². The quantitative estimate of drug-likeness (QED) is 0.472. The van der Waals surface area contributed by atoms with Gasteiger partial charge in [-0.25, -0.2) is 9.98 Å². The molecular formula is C23H18ClN3O3. The van der Waals surface area contributed by atoms with Crippen LogP contribution in [0.1, 0.15) is 21.5 Å². The maximum Gasteiger partial charge on any atom is 0.262 e. The fourth-order valence-corrected chi connectivity index (χ4v) is 3.17. The molecule has 0 aliphatic carbocycles. The van der Waals surface area contributed by atoms with Gasteiger partial charge in [-0.05, 0) is 61.4 Å². The average molecular weight is 420 g/mol. The van der Waals surface area contributed by atoms with E-state index in [1.54, 1.807) is 36.5 Å². The number of anilines is 1. The lowest BCUT2D eigenvalue weighted by Crippen LogP contribution is -2.22. The maximum atomic E-state index is 13.0. The Balaban J connectivity index is 1.86. The second kappa shape index (κ2) is 8.00. The number of rotatable bonds is 3. The molecule has 2 N–H and O–H groups in total. The van der Waals surface area contributed by atoms with Gasteiger partial charge in [0.1, 0.15) is 22.7 Å². The van der Waals surface area contributed by atoms with Crippen LogP contribution in [-0.2, 0) is 0 Å². The van der Waals surface area contributed by atoms with E-state index < -0.39 is 5.91 Å². The molecule has 0 spiro atoms. The van der Waals surface area contributed by atoms with Crippen molar-refractivity contribution in [3.05, 3.63) is 88.1 Å². The summed E-state index contributed by atoms with van der Waals surface area (Å²) in [5.41, 5.74) is 3.12. The molecule has 0 bridgehead atoms. The lowest BCUT2D eigenvalue weighted by molar-refractivity contribution is 0.102. The van der Waals surface area contributed by atoms with Gasteiger partial charge in [0.05, 0.1) is 10.7 Å². The fourth-order valence-electron chi connectivity index (χ4n) is 2.89. The van der Waals surface area contributed by atoms with Crippen LogP contribution < -0.4 is 10.9 Å². The summed E-state index contributed by atoms with van der Waals surface area (Å²) in [7, 11) is 0. The third-order valence-electron chi connectivity index (χ3n) is 4.46. The number of phenolic OH excluding ortho intramolecular Hbond substituents is 1. The minimum Gasteiger partial charge on any atom is -0.508 e. The number of benzene rings is 2. The van der Waals surface area contributed by atoms with Gasteiger partial charge in [0.2, 0.25) is 5.55 Å². The van der Waals surface area contributed by atoms with Gasteiger partial charge in [-0.2, -0.15) is 0 Å². The zero-order valence-electron chi connectivity index (χ0n) is 16.3. The summed E-state index contributed by atoms with van der Waals surface area (Å²) in [6.45, 7) is 3.84. The molecule has 0 saturated heterocycles. The fraction of sp³-hybridized carbons (Fsp3) is 0.0870. The van der Waals surface area contributed by atoms with Crippen molar-refractivity contribution in [2.75, 3.05) is 5.32 Å². The number of carbonyl (C=O) groups is 1. The molecule has 4 aromatic rings. The molecule has 2 aromatic carbocycles. The SMILES string of the molecule is Cc1ccc(NC(=O)c2cc3ccc(O)cc3oc2=Nc2ccc(C)cc2Cl)nc1. The summed E-state index contributed by atoms with van der Waals surface area (Å²) in [5.74, 6) is 0.0365. The number of carbonyl (C=O) groups excluding carboxylic acids is 1. The highest BCUT2D eigenvalue weighted by molar-refractivity contribution is 6.33. The van der Waals surface area contributed by atoms with Crippen LogP contribution in [0, 0.1) is 13.8 Å². The number of pyridine rings is 1. The summed E-state index contributed by atoms with van der Waals surface area (Å²) < 4.78 is 5.87. The second-order valence-corrected chi connectivity index (χ2v) is 7.34. The number of aromatic hydroxyl groups is 1. The van der Waals surface area contributed by atoms with Crippen molar-refractivity contribution in [2.45, 2.75) is 13.8 Å². The Labute approximate surface area is 177 Å². The Morgan fingerprint density at radius 3 is 2.60 bits per heavy atom. The van der Waals surface area contributed by atoms with Crippen LogP contribution >= 0.6 is 11.6 Å². The predicted octanol–water partition coefficient (Wildman–Crippen LogP) is 5.29. The molecule has 0 aliphatic rings. The largest absolute Gasteiger partial charge is 0.508 e. The van der Waals surface area contributed by atoms with Gasteiger partial charge in [-0.1, -0.05) is 23.7 Å². The summed E-state index contributed by atoms with van der Waals surface area (Å²) in [6, 6.07) is 15.3. The third-order valence-corrected chi connectivity index (χ3v) is 4.76. The van der Waals surface area contributed by atoms with Crippen LogP contribution in [0.4, 0.5) is 11.5 Å². The molecule has 0 fully saturated rings. The molecule has 1 amide bonds. The number of halogens is 1. The summed E-state index contributed by atoms with van der Waals surface area (Å²) in [6.07, 6.45) is 1.67. The Kier molecular flexibility index (Phi) is 5.25. The van der Waals surface area contributed by atoms with Gasteiger partial charge in [0.25, 0.3) is 5.91 Å². The minimum atomic E-state index is -0.424. The van der Waals surface area contributed by atoms with E-state index in [2.05, 4.69) is 15.3 Å². The van der Waals surface area contributed by atoms with Crippen molar-refractivity contribution in [3.8, 4) is 5.75 Å². The molecule has 150 valence electrons. The monoisotopic (exact) mass is 419 g/mol. The molecule has 2 heterocycles. The van der Waals surface area contributed by atoms with Gasteiger partial charge in [-0.3, -0.25) is 4.79 Å². The highest BCUT2D eigenvalue weighted by Crippen LogP contribution is 2.26. The molecule has 2 aromatic heterocycles. The number of hydrogen-bond acceptors (Lipinski definition) is 5. The highest BCUT2D eigenvalue weighted by Gasteiger charge is 2.14. The number of fused-ring (bicyclic) bond motifs is 1. The first-order valence-corrected chi connectivity index (χ1v) is 9.58. The van der Waals surface area contributed by atoms with Gasteiger partial charge >= 0.3 is 0 Å². The van der Waals surface area contributed by atoms with E-state index >= 15 is 0 Å². The highest BCUT2D eigenvalue weighted by atomic mass is 35.5. The Morgan fingerprint density at radius 2 is 1.87 bits per heavy atom. The predicted molar refractivity (Wildman–Crippen MR) is 116 cm³/mol. The Morgan fingerprint density at radius 1 is 1.07 bits per heavy atom. The first-order valence-electron chi connectivity index (χ1n) is 9.21. The molecular weight excluding hydrogens is 402 g/mol. The van der Waals surface area contributed by atoms with Crippen molar-refractivity contribution in [1.82, 2.24) is 4.98 Å². The number of nitrogens with zero attached hydrogens (tertiary/aromatic N) is 2. The summed E-state index contributed by atoms with van der Waals surface area (Å²) >= 11 is 6.31. The summed E-state index contributed by atoms with van der Waals surface area (Å²) in [4.78, 5) is 21.7. The van der Waals surface area contributed by atoms with E-state index in [1.165, 1.54) is 12.1 Å². The molecule has 6 nitrogen and oxygen atoms in total. The minimum absolute atomic E-state index is 0.0478. The Hall–Kier alpha value is -3.64. The maximum absolute atomic E-state index is 13.0. The van der Waals surface area contributed by atoms with E-state index in [1.807, 2.05) is 26.0 Å². The van der Waals surface area contributed by atoms with Crippen molar-refractivity contribution in [1.29, 1.82) is 0 Å². The van der Waals surface area contributed by atoms with E-state index in [0.29, 0.717) is 27.5 Å². The average Bonchev–Trinajstić information content (AvgIpc) is 2.71. The van der Waals surface area contributed by atoms with Crippen LogP contribution in [0.15, 0.2) is 70.2 Å². The van der Waals surface area contributed by atoms with Gasteiger partial charge < -0.3 is 14.8 Å². The van der Waals surface area contributed by atoms with Crippen molar-refractivity contribution in [3.63, 3.8) is 0 Å². The van der Waals surface area contributed by atoms with Gasteiger partial charge in [0, 0.05) is 17.6 Å². The smallest absolute Gasteiger partial charge is 0.262 e. The lowest BCUT2D eigenvalue weighted by atomic mass is 10.1. The molecule has 0 unspecified atom stereocenters. The third kappa shape index (κ3) is 4.18. The zero-order chi connectivity index (χ0) is 21.3. The lowest BCUT2D eigenvalue weighted by Gasteiger charge is -2.07. The first kappa shape index (κ1) is 19.7. The van der Waals surface area contributed by atoms with Crippen LogP contribution in [0.25, 0.3) is 11.0 Å². The van der Waals surface area contributed by atoms with Crippen LogP contribution in [0.5, 0.6) is 5.75 Å². The standard InChI is InChI=1S/C23H18ClN3O3/c1-13-3-7-19(18(24)9-13)26-23-17(10-15-5-6-16(28)11-20(15)30-23)22(29)27-21-8-4-14(2)12-25-21/h3-12,28H,1-2H3,(H,25,27,29). The van der Waals surface area contributed by atoms with E-state index in [4.69, 9.17) is 16.0 Å². The van der Waals surface area contributed by atoms with Gasteiger partial charge in [0.15, 0.2) is 0 Å². The molecule has 7 heteroatoms. The number of aromatic nitrogens is 1. The summed E-state index contributed by atoms with van der Waals surface area (Å²) in [5, 5.41) is 13.6.